The molecule has 2 heterocycles. The van der Waals surface area contributed by atoms with E-state index in [1.165, 1.54) is 17.1 Å². The molecule has 0 bridgehead atoms. The Morgan fingerprint density at radius 2 is 2.12 bits per heavy atom. The third kappa shape index (κ3) is 4.28. The monoisotopic (exact) mass is 341 g/mol. The smallest absolute Gasteiger partial charge is 0.306 e. The van der Waals surface area contributed by atoms with E-state index in [1.807, 2.05) is 30.3 Å². The molecular weight excluding hydrogens is 326 g/mol. The number of carbonyl (C=O) groups excluding carboxylic acids is 1. The summed E-state index contributed by atoms with van der Waals surface area (Å²) in [6.45, 7) is 0.502. The molecule has 2 aromatic heterocycles. The van der Waals surface area contributed by atoms with E-state index in [0.29, 0.717) is 11.6 Å². The topological polar surface area (TPSA) is 116 Å². The zero-order valence-electron chi connectivity index (χ0n) is 13.2. The number of aromatic nitrogens is 3. The number of oxazole rings is 1. The number of nitrogens with zero attached hydrogens (tertiary/aromatic N) is 4. The number of hydrogen-bond acceptors (Lipinski definition) is 6. The molecule has 0 saturated heterocycles. The highest BCUT2D eigenvalue weighted by Gasteiger charge is 2.11. The fraction of sp³-hybridized carbons (Fsp3) is 0.188. The van der Waals surface area contributed by atoms with Crippen molar-refractivity contribution in [3.05, 3.63) is 64.8 Å². The van der Waals surface area contributed by atoms with Crippen molar-refractivity contribution in [1.82, 2.24) is 20.1 Å². The van der Waals surface area contributed by atoms with Crippen molar-refractivity contribution in [2.75, 3.05) is 0 Å². The minimum Gasteiger partial charge on any atom is -0.444 e. The van der Waals surface area contributed by atoms with Crippen LogP contribution in [-0.4, -0.2) is 25.6 Å². The number of benzene rings is 1. The lowest BCUT2D eigenvalue weighted by atomic mass is 10.2. The van der Waals surface area contributed by atoms with Crippen molar-refractivity contribution >= 4 is 11.6 Å². The Morgan fingerprint density at radius 3 is 2.84 bits per heavy atom. The molecule has 1 N–H and O–H groups in total. The van der Waals surface area contributed by atoms with E-state index in [1.54, 1.807) is 0 Å². The number of rotatable bonds is 7. The van der Waals surface area contributed by atoms with Crippen LogP contribution in [0.5, 0.6) is 0 Å². The van der Waals surface area contributed by atoms with Crippen molar-refractivity contribution in [2.45, 2.75) is 19.5 Å². The van der Waals surface area contributed by atoms with Crippen LogP contribution in [-0.2, 0) is 17.9 Å². The number of carbonyl (C=O) groups is 1. The molecule has 0 fully saturated rings. The second kappa shape index (κ2) is 7.39. The van der Waals surface area contributed by atoms with E-state index in [0.717, 1.165) is 11.8 Å². The first-order chi connectivity index (χ1) is 12.1. The van der Waals surface area contributed by atoms with Crippen LogP contribution in [0.15, 0.2) is 53.4 Å². The average Bonchev–Trinajstić information content (AvgIpc) is 3.28. The van der Waals surface area contributed by atoms with Crippen molar-refractivity contribution in [2.24, 2.45) is 0 Å². The molecule has 1 amide bonds. The number of nitrogens with one attached hydrogen (secondary N) is 1. The molecule has 0 atom stereocenters. The van der Waals surface area contributed by atoms with Crippen LogP contribution in [0, 0.1) is 10.1 Å². The van der Waals surface area contributed by atoms with E-state index in [-0.39, 0.29) is 31.1 Å². The molecule has 0 aliphatic carbocycles. The molecule has 3 aromatic rings. The standard InChI is InChI=1S/C16H15N5O4/c22-15(6-7-20-10-14(9-18-20)21(23)24)17-8-13-11-25-16(19-13)12-4-2-1-3-5-12/h1-5,9-11H,6-8H2,(H,17,22). The van der Waals surface area contributed by atoms with E-state index >= 15 is 0 Å². The SMILES string of the molecule is O=C(CCn1cc([N+](=O)[O-])cn1)NCc1coc(-c2ccccc2)n1. The Bertz CT molecular complexity index is 872. The van der Waals surface area contributed by atoms with Crippen molar-refractivity contribution < 1.29 is 14.1 Å². The Kier molecular flexibility index (Phi) is 4.84. The van der Waals surface area contributed by atoms with E-state index in [9.17, 15) is 14.9 Å². The van der Waals surface area contributed by atoms with Crippen LogP contribution in [0.2, 0.25) is 0 Å². The highest BCUT2D eigenvalue weighted by atomic mass is 16.6. The summed E-state index contributed by atoms with van der Waals surface area (Å²) < 4.78 is 6.76. The highest BCUT2D eigenvalue weighted by Crippen LogP contribution is 2.17. The molecule has 25 heavy (non-hydrogen) atoms. The number of hydrogen-bond donors (Lipinski definition) is 1. The summed E-state index contributed by atoms with van der Waals surface area (Å²) in [6, 6.07) is 9.46. The van der Waals surface area contributed by atoms with Gasteiger partial charge in [-0.1, -0.05) is 18.2 Å². The van der Waals surface area contributed by atoms with Gasteiger partial charge in [-0.25, -0.2) is 4.98 Å². The Morgan fingerprint density at radius 1 is 1.32 bits per heavy atom. The number of amides is 1. The summed E-state index contributed by atoms with van der Waals surface area (Å²) in [5, 5.41) is 17.1. The summed E-state index contributed by atoms with van der Waals surface area (Å²) >= 11 is 0. The van der Waals surface area contributed by atoms with Crippen LogP contribution in [0.3, 0.4) is 0 Å². The number of nitro groups is 1. The fourth-order valence-electron chi connectivity index (χ4n) is 2.16. The predicted molar refractivity (Wildman–Crippen MR) is 87.3 cm³/mol. The van der Waals surface area contributed by atoms with Crippen molar-refractivity contribution in [3.8, 4) is 11.5 Å². The number of aryl methyl sites for hydroxylation is 1. The fourth-order valence-corrected chi connectivity index (χ4v) is 2.16. The van der Waals surface area contributed by atoms with Gasteiger partial charge >= 0.3 is 5.69 Å². The molecule has 0 aliphatic rings. The van der Waals surface area contributed by atoms with Crippen molar-refractivity contribution in [1.29, 1.82) is 0 Å². The predicted octanol–water partition coefficient (Wildman–Crippen LogP) is 2.15. The third-order valence-corrected chi connectivity index (χ3v) is 3.44. The van der Waals surface area contributed by atoms with Gasteiger partial charge in [0.1, 0.15) is 18.7 Å². The zero-order chi connectivity index (χ0) is 17.6. The van der Waals surface area contributed by atoms with Gasteiger partial charge in [-0.3, -0.25) is 19.6 Å². The Balaban J connectivity index is 1.47. The highest BCUT2D eigenvalue weighted by molar-refractivity contribution is 5.75. The minimum atomic E-state index is -0.529. The molecule has 3 rings (SSSR count). The van der Waals surface area contributed by atoms with Gasteiger partial charge in [0, 0.05) is 18.5 Å². The van der Waals surface area contributed by atoms with Gasteiger partial charge < -0.3 is 9.73 Å². The molecule has 0 aliphatic heterocycles. The molecule has 128 valence electrons. The van der Waals surface area contributed by atoms with Gasteiger partial charge in [0.25, 0.3) is 0 Å². The Labute approximate surface area is 142 Å². The minimum absolute atomic E-state index is 0.101. The molecular formula is C16H15N5O4. The van der Waals surface area contributed by atoms with E-state index in [4.69, 9.17) is 4.42 Å². The molecule has 9 heteroatoms. The lowest BCUT2D eigenvalue weighted by Crippen LogP contribution is -2.24. The van der Waals surface area contributed by atoms with Crippen LogP contribution in [0.1, 0.15) is 12.1 Å². The normalized spacial score (nSPS) is 10.6. The summed E-state index contributed by atoms with van der Waals surface area (Å²) in [4.78, 5) is 26.2. The second-order valence-corrected chi connectivity index (χ2v) is 5.26. The molecule has 0 unspecified atom stereocenters. The molecule has 1 aromatic carbocycles. The maximum Gasteiger partial charge on any atom is 0.306 e. The quantitative estimate of drug-likeness (QED) is 0.520. The third-order valence-electron chi connectivity index (χ3n) is 3.44. The molecule has 0 radical (unpaired) electrons. The van der Waals surface area contributed by atoms with Crippen LogP contribution < -0.4 is 5.32 Å². The van der Waals surface area contributed by atoms with E-state index in [2.05, 4.69) is 15.4 Å². The van der Waals surface area contributed by atoms with Crippen molar-refractivity contribution in [3.63, 3.8) is 0 Å². The van der Waals surface area contributed by atoms with Crippen LogP contribution in [0.25, 0.3) is 11.5 Å². The first-order valence-electron chi connectivity index (χ1n) is 7.55. The first kappa shape index (κ1) is 16.4. The lowest BCUT2D eigenvalue weighted by Gasteiger charge is -2.03. The largest absolute Gasteiger partial charge is 0.444 e. The Hall–Kier alpha value is -3.49. The van der Waals surface area contributed by atoms with Gasteiger partial charge in [0.2, 0.25) is 11.8 Å². The lowest BCUT2D eigenvalue weighted by molar-refractivity contribution is -0.385. The van der Waals surface area contributed by atoms with Gasteiger partial charge in [-0.15, -0.1) is 0 Å². The molecule has 0 spiro atoms. The van der Waals surface area contributed by atoms with Gasteiger partial charge in [0.15, 0.2) is 0 Å². The summed E-state index contributed by atoms with van der Waals surface area (Å²) in [5.41, 5.74) is 1.37. The van der Waals surface area contributed by atoms with Crippen LogP contribution >= 0.6 is 0 Å². The first-order valence-corrected chi connectivity index (χ1v) is 7.55. The maximum atomic E-state index is 11.9. The zero-order valence-corrected chi connectivity index (χ0v) is 13.2. The maximum absolute atomic E-state index is 11.9. The van der Waals surface area contributed by atoms with Gasteiger partial charge in [-0.05, 0) is 12.1 Å². The average molecular weight is 341 g/mol. The summed E-state index contributed by atoms with van der Waals surface area (Å²) in [7, 11) is 0. The van der Waals surface area contributed by atoms with Gasteiger partial charge in [0.05, 0.1) is 17.2 Å². The van der Waals surface area contributed by atoms with Crippen LogP contribution in [0.4, 0.5) is 5.69 Å². The van der Waals surface area contributed by atoms with Gasteiger partial charge in [-0.2, -0.15) is 5.10 Å². The second-order valence-electron chi connectivity index (χ2n) is 5.26. The summed E-state index contributed by atoms with van der Waals surface area (Å²) in [5.74, 6) is 0.288. The van der Waals surface area contributed by atoms with E-state index < -0.39 is 4.92 Å². The molecule has 0 saturated carbocycles. The molecule has 9 nitrogen and oxygen atoms in total. The summed E-state index contributed by atoms with van der Waals surface area (Å²) in [6.07, 6.45) is 4.09.